The van der Waals surface area contributed by atoms with Crippen molar-refractivity contribution >= 4 is 11.6 Å². The number of carbonyl (C=O) groups excluding carboxylic acids is 1. The van der Waals surface area contributed by atoms with E-state index >= 15 is 0 Å². The van der Waals surface area contributed by atoms with Crippen LogP contribution in [0.4, 0.5) is 5.69 Å². The average Bonchev–Trinajstić information content (AvgIpc) is 2.16. The number of aryl methyl sites for hydroxylation is 1. The van der Waals surface area contributed by atoms with Gasteiger partial charge in [0, 0.05) is 5.69 Å². The van der Waals surface area contributed by atoms with Crippen molar-refractivity contribution in [3.8, 4) is 6.07 Å². The molecule has 1 atom stereocenters. The van der Waals surface area contributed by atoms with Crippen LogP contribution in [0, 0.1) is 24.2 Å². The molecule has 0 aliphatic carbocycles. The molecule has 0 spiro atoms. The lowest BCUT2D eigenvalue weighted by Crippen LogP contribution is -2.28. The molecule has 1 heterocycles. The van der Waals surface area contributed by atoms with Crippen LogP contribution in [0.2, 0.25) is 0 Å². The number of amides is 1. The highest BCUT2D eigenvalue weighted by Gasteiger charge is 2.25. The lowest BCUT2D eigenvalue weighted by Gasteiger charge is -2.20. The number of hydrogen-bond donors (Lipinski definition) is 1. The molecule has 1 aromatic rings. The maximum absolute atomic E-state index is 11.4. The van der Waals surface area contributed by atoms with Gasteiger partial charge in [0.2, 0.25) is 5.91 Å². The summed E-state index contributed by atoms with van der Waals surface area (Å²) < 4.78 is 0. The minimum absolute atomic E-state index is 0.189. The van der Waals surface area contributed by atoms with E-state index in [0.717, 1.165) is 16.8 Å². The zero-order valence-corrected chi connectivity index (χ0v) is 7.87. The Morgan fingerprint density at radius 2 is 2.36 bits per heavy atom. The second kappa shape index (κ2) is 3.15. The van der Waals surface area contributed by atoms with Crippen molar-refractivity contribution in [2.24, 2.45) is 5.92 Å². The highest BCUT2D eigenvalue weighted by atomic mass is 16.1. The maximum Gasteiger partial charge on any atom is 0.242 e. The standard InChI is InChI=1S/C11H10N2O/c1-7-2-3-8-5-9(6-12)11(14)13-10(8)4-7/h2-4,9H,5H2,1H3,(H,13,14). The van der Waals surface area contributed by atoms with E-state index < -0.39 is 5.92 Å². The molecule has 1 aromatic carbocycles. The maximum atomic E-state index is 11.4. The molecule has 1 aliphatic rings. The molecule has 70 valence electrons. The molecular formula is C11H10N2O. The number of hydrogen-bond acceptors (Lipinski definition) is 2. The lowest BCUT2D eigenvalue weighted by molar-refractivity contribution is -0.118. The van der Waals surface area contributed by atoms with Crippen LogP contribution in [0.5, 0.6) is 0 Å². The van der Waals surface area contributed by atoms with Gasteiger partial charge < -0.3 is 5.32 Å². The first-order valence-corrected chi connectivity index (χ1v) is 4.50. The van der Waals surface area contributed by atoms with Crippen LogP contribution in [0.25, 0.3) is 0 Å². The molecule has 1 N–H and O–H groups in total. The molecule has 1 aliphatic heterocycles. The third-order valence-electron chi connectivity index (χ3n) is 2.42. The number of nitrogens with zero attached hydrogens (tertiary/aromatic N) is 1. The fourth-order valence-electron chi connectivity index (χ4n) is 1.62. The highest BCUT2D eigenvalue weighted by molar-refractivity contribution is 5.97. The molecule has 1 unspecified atom stereocenters. The van der Waals surface area contributed by atoms with Crippen LogP contribution >= 0.6 is 0 Å². The van der Waals surface area contributed by atoms with Crippen molar-refractivity contribution in [2.75, 3.05) is 5.32 Å². The smallest absolute Gasteiger partial charge is 0.242 e. The molecule has 0 bridgehead atoms. The van der Waals surface area contributed by atoms with E-state index in [9.17, 15) is 4.79 Å². The summed E-state index contributed by atoms with van der Waals surface area (Å²) >= 11 is 0. The van der Waals surface area contributed by atoms with Crippen LogP contribution in [0.3, 0.4) is 0 Å². The summed E-state index contributed by atoms with van der Waals surface area (Å²) in [6.07, 6.45) is 0.526. The van der Waals surface area contributed by atoms with Gasteiger partial charge in [0.15, 0.2) is 0 Å². The molecule has 0 saturated carbocycles. The van der Waals surface area contributed by atoms with Crippen LogP contribution in [0.1, 0.15) is 11.1 Å². The molecule has 2 rings (SSSR count). The Balaban J connectivity index is 2.41. The van der Waals surface area contributed by atoms with Crippen LogP contribution in [0.15, 0.2) is 18.2 Å². The van der Waals surface area contributed by atoms with Gasteiger partial charge in [0.05, 0.1) is 6.07 Å². The van der Waals surface area contributed by atoms with Crippen LogP contribution in [-0.2, 0) is 11.2 Å². The van der Waals surface area contributed by atoms with Gasteiger partial charge in [-0.1, -0.05) is 12.1 Å². The van der Waals surface area contributed by atoms with Crippen molar-refractivity contribution in [1.82, 2.24) is 0 Å². The zero-order chi connectivity index (χ0) is 10.1. The highest BCUT2D eigenvalue weighted by Crippen LogP contribution is 2.25. The fourth-order valence-corrected chi connectivity index (χ4v) is 1.62. The monoisotopic (exact) mass is 186 g/mol. The summed E-state index contributed by atoms with van der Waals surface area (Å²) in [6.45, 7) is 1.98. The molecule has 3 nitrogen and oxygen atoms in total. The van der Waals surface area contributed by atoms with Gasteiger partial charge >= 0.3 is 0 Å². The number of nitriles is 1. The lowest BCUT2D eigenvalue weighted by atomic mass is 9.93. The van der Waals surface area contributed by atoms with Crippen molar-refractivity contribution < 1.29 is 4.79 Å². The molecule has 0 aromatic heterocycles. The van der Waals surface area contributed by atoms with Crippen molar-refractivity contribution in [3.63, 3.8) is 0 Å². The van der Waals surface area contributed by atoms with Gasteiger partial charge in [-0.25, -0.2) is 0 Å². The van der Waals surface area contributed by atoms with E-state index in [1.165, 1.54) is 0 Å². The molecule has 1 amide bonds. The second-order valence-electron chi connectivity index (χ2n) is 3.54. The second-order valence-corrected chi connectivity index (χ2v) is 3.54. The number of rotatable bonds is 0. The minimum Gasteiger partial charge on any atom is -0.325 e. The SMILES string of the molecule is Cc1ccc2c(c1)NC(=O)C(C#N)C2. The molecule has 0 saturated heterocycles. The topological polar surface area (TPSA) is 52.9 Å². The quantitative estimate of drug-likeness (QED) is 0.669. The van der Waals surface area contributed by atoms with Gasteiger partial charge in [-0.2, -0.15) is 5.26 Å². The number of carbonyl (C=O) groups is 1. The average molecular weight is 186 g/mol. The van der Waals surface area contributed by atoms with Crippen molar-refractivity contribution in [2.45, 2.75) is 13.3 Å². The third-order valence-corrected chi connectivity index (χ3v) is 2.42. The summed E-state index contributed by atoms with van der Waals surface area (Å²) in [6, 6.07) is 7.89. The van der Waals surface area contributed by atoms with Crippen molar-refractivity contribution in [3.05, 3.63) is 29.3 Å². The first-order valence-electron chi connectivity index (χ1n) is 4.50. The summed E-state index contributed by atoms with van der Waals surface area (Å²) in [5.41, 5.74) is 3.00. The van der Waals surface area contributed by atoms with Gasteiger partial charge in [-0.05, 0) is 30.5 Å². The third kappa shape index (κ3) is 1.35. The Kier molecular flexibility index (Phi) is 1.97. The van der Waals surface area contributed by atoms with E-state index in [1.807, 2.05) is 31.2 Å². The molecule has 0 radical (unpaired) electrons. The van der Waals surface area contributed by atoms with Gasteiger partial charge in [0.25, 0.3) is 0 Å². The Morgan fingerprint density at radius 3 is 3.07 bits per heavy atom. The predicted octanol–water partition coefficient (Wildman–Crippen LogP) is 1.63. The first-order chi connectivity index (χ1) is 6.70. The molecular weight excluding hydrogens is 176 g/mol. The van der Waals surface area contributed by atoms with Gasteiger partial charge in [-0.3, -0.25) is 4.79 Å². The van der Waals surface area contributed by atoms with Gasteiger partial charge in [-0.15, -0.1) is 0 Å². The summed E-state index contributed by atoms with van der Waals surface area (Å²) in [7, 11) is 0. The van der Waals surface area contributed by atoms with E-state index in [4.69, 9.17) is 5.26 Å². The zero-order valence-electron chi connectivity index (χ0n) is 7.87. The van der Waals surface area contributed by atoms with E-state index in [1.54, 1.807) is 0 Å². The van der Waals surface area contributed by atoms with E-state index in [-0.39, 0.29) is 5.91 Å². The van der Waals surface area contributed by atoms with E-state index in [2.05, 4.69) is 5.32 Å². The molecule has 0 fully saturated rings. The first kappa shape index (κ1) is 8.76. The van der Waals surface area contributed by atoms with Gasteiger partial charge in [0.1, 0.15) is 5.92 Å². The number of nitrogens with one attached hydrogen (secondary N) is 1. The summed E-state index contributed by atoms with van der Waals surface area (Å²) in [5, 5.41) is 11.5. The summed E-state index contributed by atoms with van der Waals surface area (Å²) in [4.78, 5) is 11.4. The minimum atomic E-state index is -0.537. The fraction of sp³-hybridized carbons (Fsp3) is 0.273. The van der Waals surface area contributed by atoms with E-state index in [0.29, 0.717) is 6.42 Å². The Hall–Kier alpha value is -1.82. The number of benzene rings is 1. The Labute approximate surface area is 82.4 Å². The predicted molar refractivity (Wildman–Crippen MR) is 52.6 cm³/mol. The Bertz CT molecular complexity index is 431. The molecule has 3 heteroatoms. The van der Waals surface area contributed by atoms with Crippen LogP contribution in [-0.4, -0.2) is 5.91 Å². The number of anilines is 1. The van der Waals surface area contributed by atoms with Crippen LogP contribution < -0.4 is 5.32 Å². The largest absolute Gasteiger partial charge is 0.325 e. The summed E-state index contributed by atoms with van der Waals surface area (Å²) in [5.74, 6) is -0.726. The van der Waals surface area contributed by atoms with Crippen molar-refractivity contribution in [1.29, 1.82) is 5.26 Å². The Morgan fingerprint density at radius 1 is 1.57 bits per heavy atom. The number of fused-ring (bicyclic) bond motifs is 1. The normalized spacial score (nSPS) is 19.4. The molecule has 14 heavy (non-hydrogen) atoms.